The van der Waals surface area contributed by atoms with Crippen LogP contribution in [0.3, 0.4) is 0 Å². The van der Waals surface area contributed by atoms with Crippen LogP contribution in [0.4, 0.5) is 0 Å². The molecule has 0 aliphatic heterocycles. The van der Waals surface area contributed by atoms with Crippen LogP contribution in [0.1, 0.15) is 44.7 Å². The third kappa shape index (κ3) is 6.13. The summed E-state index contributed by atoms with van der Waals surface area (Å²) in [7, 11) is 0. The van der Waals surface area contributed by atoms with Gasteiger partial charge in [0.05, 0.1) is 11.1 Å². The van der Waals surface area contributed by atoms with Gasteiger partial charge in [0.1, 0.15) is 11.8 Å². The highest BCUT2D eigenvalue weighted by Crippen LogP contribution is 2.31. The van der Waals surface area contributed by atoms with Crippen LogP contribution in [0.2, 0.25) is 0 Å². The Bertz CT molecular complexity index is 1100. The van der Waals surface area contributed by atoms with E-state index in [1.54, 1.807) is 6.20 Å². The van der Waals surface area contributed by atoms with E-state index in [9.17, 15) is 14.7 Å². The molecule has 0 spiro atoms. The number of aromatic nitrogens is 1. The van der Waals surface area contributed by atoms with Gasteiger partial charge in [0.2, 0.25) is 5.91 Å². The molecule has 170 valence electrons. The number of nitrogens with one attached hydrogen (secondary N) is 2. The van der Waals surface area contributed by atoms with Gasteiger partial charge in [0.25, 0.3) is 0 Å². The summed E-state index contributed by atoms with van der Waals surface area (Å²) in [4.78, 5) is 27.2. The molecule has 1 heterocycles. The molecule has 0 saturated heterocycles. The molecule has 0 aliphatic carbocycles. The van der Waals surface area contributed by atoms with Gasteiger partial charge in [-0.15, -0.1) is 0 Å². The van der Waals surface area contributed by atoms with E-state index in [4.69, 9.17) is 4.74 Å². The van der Waals surface area contributed by atoms with Crippen molar-refractivity contribution in [1.82, 2.24) is 10.3 Å². The Kier molecular flexibility index (Phi) is 7.61. The Morgan fingerprint density at radius 3 is 2.62 bits per heavy atom. The molecule has 1 atom stereocenters. The van der Waals surface area contributed by atoms with Gasteiger partial charge in [0.15, 0.2) is 0 Å². The molecule has 1 unspecified atom stereocenters. The number of carbonyl (C=O) groups excluding carboxylic acids is 1. The second-order valence-corrected chi connectivity index (χ2v) is 9.72. The maximum Gasteiger partial charge on any atom is 0.326 e. The number of amides is 1. The van der Waals surface area contributed by atoms with E-state index in [2.05, 4.69) is 47.0 Å². The van der Waals surface area contributed by atoms with Gasteiger partial charge < -0.3 is 20.1 Å². The summed E-state index contributed by atoms with van der Waals surface area (Å²) in [5.41, 5.74) is 3.05. The van der Waals surface area contributed by atoms with Crippen LogP contribution in [0.5, 0.6) is 5.75 Å². The van der Waals surface area contributed by atoms with Crippen LogP contribution < -0.4 is 10.1 Å². The first-order chi connectivity index (χ1) is 15.1. The van der Waals surface area contributed by atoms with Crippen LogP contribution >= 0.6 is 15.9 Å². The Labute approximate surface area is 196 Å². The quantitative estimate of drug-likeness (QED) is 0.352. The van der Waals surface area contributed by atoms with E-state index < -0.39 is 12.0 Å². The normalized spacial score (nSPS) is 12.5. The maximum atomic E-state index is 12.3. The lowest BCUT2D eigenvalue weighted by Crippen LogP contribution is -2.42. The first kappa shape index (κ1) is 23.9. The van der Waals surface area contributed by atoms with Crippen molar-refractivity contribution in [2.75, 3.05) is 6.61 Å². The Morgan fingerprint density at radius 2 is 1.94 bits per heavy atom. The SMILES string of the molecule is CC(C)(C)c1ccc(OCCCC(=O)NC(Cc2c[nH]c3ccccc23)C(=O)O)c(Br)c1. The highest BCUT2D eigenvalue weighted by atomic mass is 79.9. The van der Waals surface area contributed by atoms with Gasteiger partial charge in [-0.3, -0.25) is 4.79 Å². The smallest absolute Gasteiger partial charge is 0.326 e. The summed E-state index contributed by atoms with van der Waals surface area (Å²) < 4.78 is 6.67. The minimum atomic E-state index is -1.05. The topological polar surface area (TPSA) is 91.4 Å². The molecule has 3 N–H and O–H groups in total. The predicted molar refractivity (Wildman–Crippen MR) is 129 cm³/mol. The summed E-state index contributed by atoms with van der Waals surface area (Å²) >= 11 is 3.54. The van der Waals surface area contributed by atoms with E-state index in [0.717, 1.165) is 26.7 Å². The zero-order valence-electron chi connectivity index (χ0n) is 18.6. The van der Waals surface area contributed by atoms with Gasteiger partial charge in [-0.2, -0.15) is 0 Å². The van der Waals surface area contributed by atoms with Crippen LogP contribution in [-0.2, 0) is 21.4 Å². The number of hydrogen-bond acceptors (Lipinski definition) is 3. The fourth-order valence-electron chi connectivity index (χ4n) is 3.49. The molecule has 0 fully saturated rings. The maximum absolute atomic E-state index is 12.3. The zero-order chi connectivity index (χ0) is 23.3. The van der Waals surface area contributed by atoms with E-state index in [1.165, 1.54) is 5.56 Å². The number of fused-ring (bicyclic) bond motifs is 1. The monoisotopic (exact) mass is 500 g/mol. The molecule has 0 aliphatic rings. The van der Waals surface area contributed by atoms with Crippen molar-refractivity contribution in [1.29, 1.82) is 0 Å². The van der Waals surface area contributed by atoms with Crippen molar-refractivity contribution in [2.45, 2.75) is 51.5 Å². The molecular formula is C25H29BrN2O4. The molecule has 0 saturated carbocycles. The van der Waals surface area contributed by atoms with Crippen LogP contribution in [0.25, 0.3) is 10.9 Å². The largest absolute Gasteiger partial charge is 0.492 e. The van der Waals surface area contributed by atoms with E-state index >= 15 is 0 Å². The third-order valence-electron chi connectivity index (χ3n) is 5.34. The number of aromatic amines is 1. The number of ether oxygens (including phenoxy) is 1. The predicted octanol–water partition coefficient (Wildman–Crippen LogP) is 5.20. The van der Waals surface area contributed by atoms with E-state index in [-0.39, 0.29) is 24.2 Å². The lowest BCUT2D eigenvalue weighted by Gasteiger charge is -2.20. The fourth-order valence-corrected chi connectivity index (χ4v) is 3.98. The number of hydrogen-bond donors (Lipinski definition) is 3. The Balaban J connectivity index is 1.49. The van der Waals surface area contributed by atoms with Crippen molar-refractivity contribution >= 4 is 38.7 Å². The van der Waals surface area contributed by atoms with Crippen LogP contribution in [-0.4, -0.2) is 34.6 Å². The first-order valence-corrected chi connectivity index (χ1v) is 11.4. The van der Waals surface area contributed by atoms with Gasteiger partial charge in [-0.05, 0) is 57.1 Å². The Morgan fingerprint density at radius 1 is 1.19 bits per heavy atom. The number of carboxylic acid groups (broad SMARTS) is 1. The van der Waals surface area contributed by atoms with Crippen LogP contribution in [0, 0.1) is 0 Å². The molecule has 1 amide bonds. The third-order valence-corrected chi connectivity index (χ3v) is 5.96. The zero-order valence-corrected chi connectivity index (χ0v) is 20.2. The molecule has 1 aromatic heterocycles. The fraction of sp³-hybridized carbons (Fsp3) is 0.360. The Hall–Kier alpha value is -2.80. The van der Waals surface area contributed by atoms with Gasteiger partial charge in [-0.25, -0.2) is 4.79 Å². The van der Waals surface area contributed by atoms with Gasteiger partial charge in [0, 0.05) is 29.9 Å². The minimum Gasteiger partial charge on any atom is -0.492 e. The summed E-state index contributed by atoms with van der Waals surface area (Å²) in [5.74, 6) is -0.633. The van der Waals surface area contributed by atoms with Crippen molar-refractivity contribution in [2.24, 2.45) is 0 Å². The minimum absolute atomic E-state index is 0.0481. The van der Waals surface area contributed by atoms with Crippen LogP contribution in [0.15, 0.2) is 53.1 Å². The number of aliphatic carboxylic acids is 1. The number of benzene rings is 2. The molecule has 0 bridgehead atoms. The lowest BCUT2D eigenvalue weighted by molar-refractivity contribution is -0.141. The summed E-state index contributed by atoms with van der Waals surface area (Å²) in [6, 6.07) is 12.7. The molecule has 0 radical (unpaired) electrons. The number of halogens is 1. The van der Waals surface area contributed by atoms with Crippen molar-refractivity contribution in [3.05, 3.63) is 64.3 Å². The van der Waals surface area contributed by atoms with Crippen molar-refractivity contribution < 1.29 is 19.4 Å². The first-order valence-electron chi connectivity index (χ1n) is 10.6. The molecule has 3 rings (SSSR count). The van der Waals surface area contributed by atoms with Gasteiger partial charge >= 0.3 is 5.97 Å². The number of carboxylic acids is 1. The van der Waals surface area contributed by atoms with Crippen molar-refractivity contribution in [3.63, 3.8) is 0 Å². The standard InChI is InChI=1S/C25H29BrN2O4/c1-25(2,3)17-10-11-22(19(26)14-17)32-12-6-9-23(29)28-21(24(30)31)13-16-15-27-20-8-5-4-7-18(16)20/h4-5,7-8,10-11,14-15,21,27H,6,9,12-13H2,1-3H3,(H,28,29)(H,30,31). The molecule has 6 nitrogen and oxygen atoms in total. The highest BCUT2D eigenvalue weighted by molar-refractivity contribution is 9.10. The molecule has 3 aromatic rings. The summed E-state index contributed by atoms with van der Waals surface area (Å²) in [6.07, 6.45) is 2.69. The molecule has 32 heavy (non-hydrogen) atoms. The second-order valence-electron chi connectivity index (χ2n) is 8.87. The second kappa shape index (κ2) is 10.2. The van der Waals surface area contributed by atoms with Gasteiger partial charge in [-0.1, -0.05) is 45.0 Å². The molecule has 7 heteroatoms. The number of carbonyl (C=O) groups is 2. The highest BCUT2D eigenvalue weighted by Gasteiger charge is 2.22. The lowest BCUT2D eigenvalue weighted by atomic mass is 9.87. The summed E-state index contributed by atoms with van der Waals surface area (Å²) in [5, 5.41) is 13.2. The average Bonchev–Trinajstić information content (AvgIpc) is 3.14. The summed E-state index contributed by atoms with van der Waals surface area (Å²) in [6.45, 7) is 6.81. The number of H-pyrrole nitrogens is 1. The average molecular weight is 501 g/mol. The molecule has 2 aromatic carbocycles. The molecular weight excluding hydrogens is 472 g/mol. The van der Waals surface area contributed by atoms with Crippen molar-refractivity contribution in [3.8, 4) is 5.75 Å². The number of rotatable bonds is 9. The number of para-hydroxylation sites is 1. The van der Waals surface area contributed by atoms with E-state index in [1.807, 2.05) is 42.5 Å². The van der Waals surface area contributed by atoms with E-state index in [0.29, 0.717) is 13.0 Å².